The third kappa shape index (κ3) is 3.14. The predicted octanol–water partition coefficient (Wildman–Crippen LogP) is 3.81. The molecule has 4 nitrogen and oxygen atoms in total. The van der Waals surface area contributed by atoms with Crippen molar-refractivity contribution in [2.24, 2.45) is 0 Å². The summed E-state index contributed by atoms with van der Waals surface area (Å²) in [6, 6.07) is 6.02. The summed E-state index contributed by atoms with van der Waals surface area (Å²) in [5.74, 6) is 0.700. The molecule has 0 aromatic carbocycles. The van der Waals surface area contributed by atoms with Crippen LogP contribution in [0, 0.1) is 0 Å². The molecule has 3 aromatic heterocycles. The Bertz CT molecular complexity index is 729. The number of anilines is 1. The van der Waals surface area contributed by atoms with E-state index < -0.39 is 0 Å². The quantitative estimate of drug-likeness (QED) is 0.671. The van der Waals surface area contributed by atoms with Gasteiger partial charge in [0.25, 0.3) is 0 Å². The van der Waals surface area contributed by atoms with Gasteiger partial charge in [0, 0.05) is 30.9 Å². The summed E-state index contributed by atoms with van der Waals surface area (Å²) in [5, 5.41) is 3.44. The van der Waals surface area contributed by atoms with Crippen molar-refractivity contribution < 1.29 is 0 Å². The molecule has 0 radical (unpaired) electrons. The molecule has 0 bridgehead atoms. The minimum atomic E-state index is 0.526. The third-order valence-corrected chi connectivity index (χ3v) is 4.45. The van der Waals surface area contributed by atoms with E-state index in [0.717, 1.165) is 29.7 Å². The molecule has 0 spiro atoms. The van der Waals surface area contributed by atoms with Crippen molar-refractivity contribution in [3.05, 3.63) is 46.7 Å². The van der Waals surface area contributed by atoms with E-state index in [9.17, 15) is 0 Å². The molecule has 0 N–H and O–H groups in total. The molecular formula is C15H15ClN4S. The van der Waals surface area contributed by atoms with Gasteiger partial charge < -0.3 is 4.90 Å². The van der Waals surface area contributed by atoms with Crippen LogP contribution in [0.2, 0.25) is 5.15 Å². The fourth-order valence-electron chi connectivity index (χ4n) is 2.16. The molecule has 0 atom stereocenters. The minimum Gasteiger partial charge on any atom is -0.341 e. The molecule has 108 valence electrons. The third-order valence-electron chi connectivity index (χ3n) is 3.35. The highest BCUT2D eigenvalue weighted by atomic mass is 35.5. The number of pyridine rings is 1. The number of thiophene rings is 1. The summed E-state index contributed by atoms with van der Waals surface area (Å²) in [4.78, 5) is 16.2. The van der Waals surface area contributed by atoms with Crippen LogP contribution >= 0.6 is 22.9 Å². The second kappa shape index (κ2) is 6.37. The van der Waals surface area contributed by atoms with E-state index in [0.29, 0.717) is 11.1 Å². The van der Waals surface area contributed by atoms with Crippen LogP contribution in [0.1, 0.15) is 12.5 Å². The van der Waals surface area contributed by atoms with Crippen molar-refractivity contribution in [3.8, 4) is 0 Å². The number of rotatable bonds is 5. The molecule has 3 rings (SSSR count). The van der Waals surface area contributed by atoms with Crippen molar-refractivity contribution in [2.45, 2.75) is 13.3 Å². The maximum atomic E-state index is 6.24. The van der Waals surface area contributed by atoms with Crippen LogP contribution in [0.5, 0.6) is 0 Å². The molecule has 0 aliphatic rings. The Balaban J connectivity index is 1.81. The van der Waals surface area contributed by atoms with Gasteiger partial charge in [-0.05, 0) is 42.5 Å². The monoisotopic (exact) mass is 318 g/mol. The van der Waals surface area contributed by atoms with E-state index in [1.54, 1.807) is 11.3 Å². The minimum absolute atomic E-state index is 0.526. The normalized spacial score (nSPS) is 11.0. The van der Waals surface area contributed by atoms with E-state index >= 15 is 0 Å². The standard InChI is InChI=1S/C15H15ClN4S/c1-2-20(9-5-11-3-7-17-8-4-11)15-18-13(16)12-6-10-21-14(12)19-15/h3-4,6-8,10H,2,5,9H2,1H3. The fraction of sp³-hybridized carbons (Fsp3) is 0.267. The van der Waals surface area contributed by atoms with Gasteiger partial charge in [-0.3, -0.25) is 4.98 Å². The number of likely N-dealkylation sites (N-methyl/N-ethyl adjacent to an activating group) is 1. The first-order chi connectivity index (χ1) is 10.3. The molecule has 0 aliphatic heterocycles. The SMILES string of the molecule is CCN(CCc1ccncc1)c1nc(Cl)c2ccsc2n1. The first-order valence-electron chi connectivity index (χ1n) is 6.82. The molecule has 21 heavy (non-hydrogen) atoms. The first kappa shape index (κ1) is 14.2. The zero-order valence-corrected chi connectivity index (χ0v) is 13.2. The van der Waals surface area contributed by atoms with Crippen LogP contribution in [-0.4, -0.2) is 28.0 Å². The van der Waals surface area contributed by atoms with Gasteiger partial charge in [-0.15, -0.1) is 11.3 Å². The summed E-state index contributed by atoms with van der Waals surface area (Å²) in [6.45, 7) is 3.80. The van der Waals surface area contributed by atoms with E-state index in [2.05, 4.69) is 26.8 Å². The lowest BCUT2D eigenvalue weighted by Gasteiger charge is -2.20. The maximum absolute atomic E-state index is 6.24. The average molecular weight is 319 g/mol. The number of aromatic nitrogens is 3. The molecule has 0 unspecified atom stereocenters. The highest BCUT2D eigenvalue weighted by Gasteiger charge is 2.12. The highest BCUT2D eigenvalue weighted by molar-refractivity contribution is 7.16. The highest BCUT2D eigenvalue weighted by Crippen LogP contribution is 2.27. The van der Waals surface area contributed by atoms with Gasteiger partial charge in [0.1, 0.15) is 9.98 Å². The van der Waals surface area contributed by atoms with Gasteiger partial charge in [0.05, 0.1) is 0 Å². The Kier molecular flexibility index (Phi) is 4.31. The van der Waals surface area contributed by atoms with Crippen LogP contribution in [0.25, 0.3) is 10.2 Å². The van der Waals surface area contributed by atoms with Crippen LogP contribution < -0.4 is 4.90 Å². The molecule has 0 amide bonds. The van der Waals surface area contributed by atoms with Gasteiger partial charge in [0.2, 0.25) is 5.95 Å². The number of halogens is 1. The molecule has 6 heteroatoms. The van der Waals surface area contributed by atoms with Crippen molar-refractivity contribution >= 4 is 39.1 Å². The Hall–Kier alpha value is -1.72. The Morgan fingerprint density at radius 3 is 2.76 bits per heavy atom. The Labute approximate surface area is 132 Å². The van der Waals surface area contributed by atoms with Gasteiger partial charge in [0.15, 0.2) is 0 Å². The lowest BCUT2D eigenvalue weighted by Crippen LogP contribution is -2.27. The second-order valence-electron chi connectivity index (χ2n) is 4.64. The largest absolute Gasteiger partial charge is 0.341 e. The maximum Gasteiger partial charge on any atom is 0.228 e. The van der Waals surface area contributed by atoms with E-state index in [1.807, 2.05) is 36.0 Å². The smallest absolute Gasteiger partial charge is 0.228 e. The van der Waals surface area contributed by atoms with Crippen LogP contribution in [0.15, 0.2) is 36.0 Å². The number of hydrogen-bond acceptors (Lipinski definition) is 5. The van der Waals surface area contributed by atoms with Gasteiger partial charge in [-0.1, -0.05) is 11.6 Å². The Morgan fingerprint density at radius 2 is 2.00 bits per heavy atom. The van der Waals surface area contributed by atoms with Gasteiger partial charge in [-0.25, -0.2) is 9.97 Å². The topological polar surface area (TPSA) is 41.9 Å². The first-order valence-corrected chi connectivity index (χ1v) is 8.08. The predicted molar refractivity (Wildman–Crippen MR) is 88.3 cm³/mol. The van der Waals surface area contributed by atoms with Crippen molar-refractivity contribution in [1.29, 1.82) is 0 Å². The molecule has 3 aromatic rings. The molecular weight excluding hydrogens is 304 g/mol. The Morgan fingerprint density at radius 1 is 1.19 bits per heavy atom. The van der Waals surface area contributed by atoms with Gasteiger partial charge in [-0.2, -0.15) is 0 Å². The summed E-state index contributed by atoms with van der Waals surface area (Å²) in [6.07, 6.45) is 4.56. The van der Waals surface area contributed by atoms with Crippen molar-refractivity contribution in [3.63, 3.8) is 0 Å². The molecule has 0 aliphatic carbocycles. The van der Waals surface area contributed by atoms with E-state index in [4.69, 9.17) is 11.6 Å². The molecule has 0 fully saturated rings. The summed E-state index contributed by atoms with van der Waals surface area (Å²) in [5.41, 5.74) is 1.26. The van der Waals surface area contributed by atoms with E-state index in [-0.39, 0.29) is 0 Å². The number of hydrogen-bond donors (Lipinski definition) is 0. The van der Waals surface area contributed by atoms with Crippen LogP contribution in [-0.2, 0) is 6.42 Å². The molecule has 3 heterocycles. The molecule has 0 saturated heterocycles. The van der Waals surface area contributed by atoms with E-state index in [1.165, 1.54) is 5.56 Å². The van der Waals surface area contributed by atoms with Crippen molar-refractivity contribution in [1.82, 2.24) is 15.0 Å². The lowest BCUT2D eigenvalue weighted by atomic mass is 10.2. The lowest BCUT2D eigenvalue weighted by molar-refractivity contribution is 0.779. The van der Waals surface area contributed by atoms with Crippen LogP contribution in [0.3, 0.4) is 0 Å². The summed E-state index contributed by atoms with van der Waals surface area (Å²) in [7, 11) is 0. The summed E-state index contributed by atoms with van der Waals surface area (Å²) >= 11 is 7.83. The van der Waals surface area contributed by atoms with Crippen LogP contribution in [0.4, 0.5) is 5.95 Å². The molecule has 0 saturated carbocycles. The zero-order chi connectivity index (χ0) is 14.7. The number of nitrogens with zero attached hydrogens (tertiary/aromatic N) is 4. The average Bonchev–Trinajstić information content (AvgIpc) is 2.98. The summed E-state index contributed by atoms with van der Waals surface area (Å²) < 4.78 is 0. The zero-order valence-electron chi connectivity index (χ0n) is 11.7. The fourth-order valence-corrected chi connectivity index (χ4v) is 3.21. The van der Waals surface area contributed by atoms with Gasteiger partial charge >= 0.3 is 0 Å². The number of fused-ring (bicyclic) bond motifs is 1. The second-order valence-corrected chi connectivity index (χ2v) is 5.89. The van der Waals surface area contributed by atoms with Crippen molar-refractivity contribution in [2.75, 3.05) is 18.0 Å².